The summed E-state index contributed by atoms with van der Waals surface area (Å²) in [7, 11) is 1.85. The van der Waals surface area contributed by atoms with Crippen LogP contribution in [0.25, 0.3) is 22.4 Å². The molecule has 0 aliphatic rings. The van der Waals surface area contributed by atoms with E-state index in [4.69, 9.17) is 0 Å². The molecule has 0 saturated carbocycles. The number of unbranched alkanes of at least 4 members (excludes halogenated alkanes) is 1. The van der Waals surface area contributed by atoms with Gasteiger partial charge in [0, 0.05) is 19.3 Å². The van der Waals surface area contributed by atoms with Gasteiger partial charge in [0.25, 0.3) is 0 Å². The molecule has 2 aromatic heterocycles. The largest absolute Gasteiger partial charge is 0.321 e. The predicted octanol–water partition coefficient (Wildman–Crippen LogP) is 5.99. The lowest BCUT2D eigenvalue weighted by molar-refractivity contribution is 0.623. The molecule has 25 heavy (non-hydrogen) atoms. The summed E-state index contributed by atoms with van der Waals surface area (Å²) in [5, 5.41) is 4.16. The van der Waals surface area contributed by atoms with E-state index in [9.17, 15) is 4.39 Å². The van der Waals surface area contributed by atoms with Gasteiger partial charge in [-0.05, 0) is 26.0 Å². The van der Waals surface area contributed by atoms with Crippen LogP contribution in [0.15, 0.2) is 30.6 Å². The van der Waals surface area contributed by atoms with E-state index in [0.717, 1.165) is 16.9 Å². The highest BCUT2D eigenvalue weighted by atomic mass is 19.1. The summed E-state index contributed by atoms with van der Waals surface area (Å²) in [6.45, 7) is 12.5. The van der Waals surface area contributed by atoms with Crippen LogP contribution in [-0.4, -0.2) is 19.3 Å². The molecule has 4 nitrogen and oxygen atoms in total. The van der Waals surface area contributed by atoms with E-state index < -0.39 is 0 Å². The molecule has 0 unspecified atom stereocenters. The number of nitrogens with zero attached hydrogens (tertiary/aromatic N) is 4. The Balaban J connectivity index is 0.000000461. The van der Waals surface area contributed by atoms with Crippen molar-refractivity contribution in [3.63, 3.8) is 0 Å². The van der Waals surface area contributed by atoms with Crippen LogP contribution in [0.3, 0.4) is 0 Å². The minimum absolute atomic E-state index is 0.196. The predicted molar refractivity (Wildman–Crippen MR) is 104 cm³/mol. The van der Waals surface area contributed by atoms with Gasteiger partial charge in [-0.2, -0.15) is 5.10 Å². The summed E-state index contributed by atoms with van der Waals surface area (Å²) in [5.74, 6) is 0.463. The number of fused-ring (bicyclic) bond motifs is 1. The Morgan fingerprint density at radius 3 is 2.24 bits per heavy atom. The first-order chi connectivity index (χ1) is 12.0. The third kappa shape index (κ3) is 4.91. The molecule has 2 heterocycles. The molecule has 5 heteroatoms. The van der Waals surface area contributed by atoms with Crippen molar-refractivity contribution in [3.05, 3.63) is 36.4 Å². The first kappa shape index (κ1) is 20.9. The van der Waals surface area contributed by atoms with E-state index in [1.54, 1.807) is 16.9 Å². The third-order valence-electron chi connectivity index (χ3n) is 3.65. The van der Waals surface area contributed by atoms with E-state index in [-0.39, 0.29) is 11.9 Å². The zero-order valence-electron chi connectivity index (χ0n) is 16.5. The number of halogens is 1. The maximum Gasteiger partial charge on any atom is 0.151 e. The monoisotopic (exact) mass is 346 g/mol. The molecular formula is C20H31FN4. The smallest absolute Gasteiger partial charge is 0.151 e. The van der Waals surface area contributed by atoms with Gasteiger partial charge in [-0.15, -0.1) is 0 Å². The number of imidazole rings is 1. The number of para-hydroxylation sites is 1. The number of aromatic nitrogens is 4. The number of hydrogen-bond donors (Lipinski definition) is 0. The number of hydrogen-bond acceptors (Lipinski definition) is 2. The van der Waals surface area contributed by atoms with Gasteiger partial charge in [0.15, 0.2) is 5.82 Å². The minimum atomic E-state index is -0.290. The molecule has 138 valence electrons. The molecule has 0 aliphatic heterocycles. The Morgan fingerprint density at radius 2 is 1.76 bits per heavy atom. The molecule has 1 aromatic carbocycles. The van der Waals surface area contributed by atoms with E-state index in [0.29, 0.717) is 5.52 Å². The van der Waals surface area contributed by atoms with E-state index in [1.165, 1.54) is 18.9 Å². The highest BCUT2D eigenvalue weighted by molar-refractivity contribution is 5.81. The first-order valence-corrected chi connectivity index (χ1v) is 9.15. The van der Waals surface area contributed by atoms with Crippen molar-refractivity contribution in [2.24, 2.45) is 7.05 Å². The fourth-order valence-electron chi connectivity index (χ4n) is 2.35. The molecule has 0 fully saturated rings. The molecule has 0 amide bonds. The normalized spacial score (nSPS) is 10.3. The maximum absolute atomic E-state index is 13.9. The van der Waals surface area contributed by atoms with Crippen molar-refractivity contribution in [3.8, 4) is 11.4 Å². The van der Waals surface area contributed by atoms with Crippen LogP contribution in [0.5, 0.6) is 0 Å². The molecule has 0 atom stereocenters. The Labute approximate surface area is 150 Å². The van der Waals surface area contributed by atoms with Gasteiger partial charge in [-0.25, -0.2) is 9.37 Å². The molecule has 0 bridgehead atoms. The molecule has 0 aliphatic carbocycles. The van der Waals surface area contributed by atoms with Gasteiger partial charge >= 0.3 is 0 Å². The van der Waals surface area contributed by atoms with E-state index in [1.807, 2.05) is 37.7 Å². The van der Waals surface area contributed by atoms with Crippen LogP contribution in [0, 0.1) is 5.82 Å². The lowest BCUT2D eigenvalue weighted by Crippen LogP contribution is -2.02. The SMILES string of the molecule is CC.CC(C)n1c(-c2cnn(C)c2)nc2c(F)cccc21.CCCC. The van der Waals surface area contributed by atoms with Crippen LogP contribution in [0.2, 0.25) is 0 Å². The summed E-state index contributed by atoms with van der Waals surface area (Å²) >= 11 is 0. The third-order valence-corrected chi connectivity index (χ3v) is 3.65. The minimum Gasteiger partial charge on any atom is -0.321 e. The number of benzene rings is 1. The lowest BCUT2D eigenvalue weighted by atomic mass is 10.2. The summed E-state index contributed by atoms with van der Waals surface area (Å²) in [6.07, 6.45) is 6.27. The van der Waals surface area contributed by atoms with E-state index in [2.05, 4.69) is 37.8 Å². The average Bonchev–Trinajstić information content (AvgIpc) is 3.21. The molecule has 0 N–H and O–H groups in total. The molecular weight excluding hydrogens is 315 g/mol. The fraction of sp³-hybridized carbons (Fsp3) is 0.500. The number of rotatable bonds is 3. The number of aryl methyl sites for hydroxylation is 1. The highest BCUT2D eigenvalue weighted by Crippen LogP contribution is 2.29. The quantitative estimate of drug-likeness (QED) is 0.584. The van der Waals surface area contributed by atoms with Gasteiger partial charge < -0.3 is 4.57 Å². The molecule has 0 spiro atoms. The highest BCUT2D eigenvalue weighted by Gasteiger charge is 2.17. The second kappa shape index (κ2) is 9.97. The van der Waals surface area contributed by atoms with Crippen LogP contribution in [0.4, 0.5) is 4.39 Å². The van der Waals surface area contributed by atoms with Crippen LogP contribution in [-0.2, 0) is 7.05 Å². The van der Waals surface area contributed by atoms with Gasteiger partial charge in [0.2, 0.25) is 0 Å². The zero-order valence-corrected chi connectivity index (χ0v) is 16.5. The standard InChI is InChI=1S/C14H15FN4.C4H10.C2H6/c1-9(2)19-12-6-4-5-11(15)13(12)17-14(19)10-7-16-18(3)8-10;1-3-4-2;1-2/h4-9H,1-3H3;3-4H2,1-2H3;1-2H3. The average molecular weight is 346 g/mol. The van der Waals surface area contributed by atoms with Gasteiger partial charge in [0.1, 0.15) is 11.3 Å². The van der Waals surface area contributed by atoms with Crippen molar-refractivity contribution in [2.75, 3.05) is 0 Å². The zero-order chi connectivity index (χ0) is 19.0. The lowest BCUT2D eigenvalue weighted by Gasteiger charge is -2.11. The Morgan fingerprint density at radius 1 is 1.12 bits per heavy atom. The summed E-state index contributed by atoms with van der Waals surface area (Å²) in [6, 6.07) is 5.24. The van der Waals surface area contributed by atoms with Crippen LogP contribution >= 0.6 is 0 Å². The Kier molecular flexibility index (Phi) is 8.32. The topological polar surface area (TPSA) is 35.6 Å². The Hall–Kier alpha value is -2.17. The maximum atomic E-state index is 13.9. The van der Waals surface area contributed by atoms with Crippen molar-refractivity contribution in [1.29, 1.82) is 0 Å². The molecule has 3 aromatic rings. The second-order valence-corrected chi connectivity index (χ2v) is 5.91. The van der Waals surface area contributed by atoms with Crippen molar-refractivity contribution < 1.29 is 4.39 Å². The van der Waals surface area contributed by atoms with Crippen LogP contribution < -0.4 is 0 Å². The van der Waals surface area contributed by atoms with Gasteiger partial charge in [-0.1, -0.05) is 46.6 Å². The van der Waals surface area contributed by atoms with Gasteiger partial charge in [0.05, 0.1) is 17.3 Å². The molecule has 3 rings (SSSR count). The summed E-state index contributed by atoms with van der Waals surface area (Å²) < 4.78 is 17.6. The molecule has 0 saturated heterocycles. The first-order valence-electron chi connectivity index (χ1n) is 9.15. The van der Waals surface area contributed by atoms with Crippen molar-refractivity contribution in [1.82, 2.24) is 19.3 Å². The molecule has 0 radical (unpaired) electrons. The van der Waals surface area contributed by atoms with Gasteiger partial charge in [-0.3, -0.25) is 4.68 Å². The van der Waals surface area contributed by atoms with Crippen LogP contribution in [0.1, 0.15) is 60.4 Å². The summed E-state index contributed by atoms with van der Waals surface area (Å²) in [4.78, 5) is 4.45. The van der Waals surface area contributed by atoms with E-state index >= 15 is 0 Å². The summed E-state index contributed by atoms with van der Waals surface area (Å²) in [5.41, 5.74) is 2.12. The fourth-order valence-corrected chi connectivity index (χ4v) is 2.35. The van der Waals surface area contributed by atoms with Crippen molar-refractivity contribution >= 4 is 11.0 Å². The Bertz CT molecular complexity index is 769. The second-order valence-electron chi connectivity index (χ2n) is 5.91. The van der Waals surface area contributed by atoms with Crippen molar-refractivity contribution in [2.45, 2.75) is 60.4 Å².